The molecule has 23 heavy (non-hydrogen) atoms. The number of aromatic nitrogens is 4. The van der Waals surface area contributed by atoms with Gasteiger partial charge in [0.1, 0.15) is 5.82 Å². The summed E-state index contributed by atoms with van der Waals surface area (Å²) in [6, 6.07) is 12.9. The lowest BCUT2D eigenvalue weighted by atomic mass is 10.2. The molecule has 1 aromatic heterocycles. The topological polar surface area (TPSA) is 72.7 Å². The molecule has 0 atom stereocenters. The molecule has 1 heterocycles. The number of rotatable bonds is 4. The summed E-state index contributed by atoms with van der Waals surface area (Å²) in [6.45, 7) is 0.123. The summed E-state index contributed by atoms with van der Waals surface area (Å²) in [5, 5.41) is 14.0. The number of hydrogen-bond acceptors (Lipinski definition) is 4. The Balaban J connectivity index is 1.73. The van der Waals surface area contributed by atoms with Crippen LogP contribution in [0.1, 0.15) is 16.2 Å². The van der Waals surface area contributed by atoms with E-state index >= 15 is 0 Å². The van der Waals surface area contributed by atoms with E-state index in [-0.39, 0.29) is 18.3 Å². The number of tetrazole rings is 1. The largest absolute Gasteiger partial charge is 0.345 e. The average molecular weight is 376 g/mol. The van der Waals surface area contributed by atoms with E-state index in [1.807, 2.05) is 0 Å². The zero-order chi connectivity index (χ0) is 16.2. The van der Waals surface area contributed by atoms with Crippen molar-refractivity contribution < 1.29 is 9.18 Å². The second kappa shape index (κ2) is 6.66. The van der Waals surface area contributed by atoms with Crippen molar-refractivity contribution in [1.29, 1.82) is 0 Å². The van der Waals surface area contributed by atoms with Gasteiger partial charge in [-0.05, 0) is 52.9 Å². The Morgan fingerprint density at radius 2 is 2.00 bits per heavy atom. The van der Waals surface area contributed by atoms with Crippen LogP contribution >= 0.6 is 15.9 Å². The highest BCUT2D eigenvalue weighted by Gasteiger charge is 2.11. The first-order chi connectivity index (χ1) is 11.1. The standard InChI is InChI=1S/C15H11BrFN5O/c16-11-6-4-10(5-7-11)15(23)18-9-14-19-20-21-22(14)13-3-1-2-12(17)8-13/h1-8H,9H2,(H,18,23). The maximum absolute atomic E-state index is 13.3. The van der Waals surface area contributed by atoms with Gasteiger partial charge in [-0.2, -0.15) is 4.68 Å². The minimum atomic E-state index is -0.386. The summed E-state index contributed by atoms with van der Waals surface area (Å²) >= 11 is 3.31. The van der Waals surface area contributed by atoms with E-state index in [1.165, 1.54) is 16.8 Å². The third-order valence-electron chi connectivity index (χ3n) is 3.10. The highest BCUT2D eigenvalue weighted by molar-refractivity contribution is 9.10. The predicted molar refractivity (Wildman–Crippen MR) is 84.4 cm³/mol. The van der Waals surface area contributed by atoms with Crippen molar-refractivity contribution in [2.24, 2.45) is 0 Å². The monoisotopic (exact) mass is 375 g/mol. The molecular formula is C15H11BrFN5O. The maximum atomic E-state index is 13.3. The summed E-state index contributed by atoms with van der Waals surface area (Å²) < 4.78 is 15.6. The Labute approximate surface area is 139 Å². The first-order valence-corrected chi connectivity index (χ1v) is 7.50. The second-order valence-corrected chi connectivity index (χ2v) is 5.59. The van der Waals surface area contributed by atoms with Crippen LogP contribution in [-0.4, -0.2) is 26.1 Å². The van der Waals surface area contributed by atoms with E-state index in [9.17, 15) is 9.18 Å². The van der Waals surface area contributed by atoms with Crippen LogP contribution in [0.3, 0.4) is 0 Å². The number of amides is 1. The maximum Gasteiger partial charge on any atom is 0.251 e. The van der Waals surface area contributed by atoms with Crippen molar-refractivity contribution in [3.63, 3.8) is 0 Å². The molecule has 2 aromatic carbocycles. The number of nitrogens with zero attached hydrogens (tertiary/aromatic N) is 4. The summed E-state index contributed by atoms with van der Waals surface area (Å²) in [5.41, 5.74) is 1.01. The van der Waals surface area contributed by atoms with Crippen molar-refractivity contribution in [2.75, 3.05) is 0 Å². The molecule has 0 saturated heterocycles. The lowest BCUT2D eigenvalue weighted by Gasteiger charge is -2.06. The van der Waals surface area contributed by atoms with E-state index in [0.717, 1.165) is 4.47 Å². The third kappa shape index (κ3) is 3.59. The molecule has 0 bridgehead atoms. The number of nitrogens with one attached hydrogen (secondary N) is 1. The molecule has 8 heteroatoms. The van der Waals surface area contributed by atoms with Gasteiger partial charge in [0, 0.05) is 10.0 Å². The molecule has 0 aliphatic carbocycles. The number of carbonyl (C=O) groups excluding carboxylic acids is 1. The normalized spacial score (nSPS) is 10.5. The van der Waals surface area contributed by atoms with Crippen molar-refractivity contribution in [1.82, 2.24) is 25.5 Å². The van der Waals surface area contributed by atoms with Crippen molar-refractivity contribution >= 4 is 21.8 Å². The van der Waals surface area contributed by atoms with Gasteiger partial charge < -0.3 is 5.32 Å². The van der Waals surface area contributed by atoms with Crippen LogP contribution in [0, 0.1) is 5.82 Å². The van der Waals surface area contributed by atoms with Gasteiger partial charge in [0.25, 0.3) is 5.91 Å². The molecule has 1 amide bonds. The molecule has 0 unspecified atom stereocenters. The van der Waals surface area contributed by atoms with E-state index in [0.29, 0.717) is 17.1 Å². The minimum Gasteiger partial charge on any atom is -0.345 e. The van der Waals surface area contributed by atoms with Gasteiger partial charge in [-0.3, -0.25) is 4.79 Å². The molecule has 0 aliphatic heterocycles. The summed E-state index contributed by atoms with van der Waals surface area (Å²) in [6.07, 6.45) is 0. The number of benzene rings is 2. The van der Waals surface area contributed by atoms with Gasteiger partial charge in [-0.1, -0.05) is 22.0 Å². The van der Waals surface area contributed by atoms with E-state index in [1.54, 1.807) is 36.4 Å². The van der Waals surface area contributed by atoms with Gasteiger partial charge >= 0.3 is 0 Å². The van der Waals surface area contributed by atoms with Crippen LogP contribution in [0.25, 0.3) is 5.69 Å². The van der Waals surface area contributed by atoms with Gasteiger partial charge in [-0.15, -0.1) is 5.10 Å². The number of carbonyl (C=O) groups is 1. The predicted octanol–water partition coefficient (Wildman–Crippen LogP) is 2.49. The summed E-state index contributed by atoms with van der Waals surface area (Å²) in [4.78, 5) is 12.1. The molecule has 3 aromatic rings. The zero-order valence-electron chi connectivity index (χ0n) is 11.8. The van der Waals surface area contributed by atoms with Gasteiger partial charge in [-0.25, -0.2) is 4.39 Å². The van der Waals surface area contributed by atoms with Crippen molar-refractivity contribution in [3.8, 4) is 5.69 Å². The molecule has 3 rings (SSSR count). The van der Waals surface area contributed by atoms with Crippen molar-refractivity contribution in [2.45, 2.75) is 6.54 Å². The number of hydrogen-bond donors (Lipinski definition) is 1. The first-order valence-electron chi connectivity index (χ1n) is 6.70. The van der Waals surface area contributed by atoms with Gasteiger partial charge in [0.15, 0.2) is 5.82 Å². The SMILES string of the molecule is O=C(NCc1nnnn1-c1cccc(F)c1)c1ccc(Br)cc1. The lowest BCUT2D eigenvalue weighted by molar-refractivity contribution is 0.0949. The van der Waals surface area contributed by atoms with Crippen LogP contribution in [0.4, 0.5) is 4.39 Å². The van der Waals surface area contributed by atoms with Crippen LogP contribution in [0.2, 0.25) is 0 Å². The molecule has 116 valence electrons. The Hall–Kier alpha value is -2.61. The molecule has 0 fully saturated rings. The van der Waals surface area contributed by atoms with Crippen LogP contribution in [0.5, 0.6) is 0 Å². The third-order valence-corrected chi connectivity index (χ3v) is 3.63. The Morgan fingerprint density at radius 3 is 2.74 bits per heavy atom. The van der Waals surface area contributed by atoms with E-state index < -0.39 is 0 Å². The lowest BCUT2D eigenvalue weighted by Crippen LogP contribution is -2.24. The van der Waals surface area contributed by atoms with Crippen LogP contribution < -0.4 is 5.32 Å². The fourth-order valence-corrected chi connectivity index (χ4v) is 2.25. The summed E-state index contributed by atoms with van der Waals surface area (Å²) in [7, 11) is 0. The highest BCUT2D eigenvalue weighted by atomic mass is 79.9. The van der Waals surface area contributed by atoms with Gasteiger partial charge in [0.2, 0.25) is 0 Å². The fourth-order valence-electron chi connectivity index (χ4n) is 1.99. The average Bonchev–Trinajstić information content (AvgIpc) is 3.02. The first kappa shape index (κ1) is 15.3. The molecule has 1 N–H and O–H groups in total. The second-order valence-electron chi connectivity index (χ2n) is 4.68. The molecular weight excluding hydrogens is 365 g/mol. The summed E-state index contributed by atoms with van der Waals surface area (Å²) in [5.74, 6) is -0.227. The minimum absolute atomic E-state index is 0.123. The zero-order valence-corrected chi connectivity index (χ0v) is 13.4. The van der Waals surface area contributed by atoms with Crippen LogP contribution in [-0.2, 0) is 6.54 Å². The van der Waals surface area contributed by atoms with E-state index in [2.05, 4.69) is 36.8 Å². The number of halogens is 2. The molecule has 0 aliphatic rings. The van der Waals surface area contributed by atoms with Gasteiger partial charge in [0.05, 0.1) is 12.2 Å². The highest BCUT2D eigenvalue weighted by Crippen LogP contribution is 2.11. The Bertz CT molecular complexity index is 834. The Kier molecular flexibility index (Phi) is 4.42. The molecule has 0 radical (unpaired) electrons. The molecule has 0 spiro atoms. The van der Waals surface area contributed by atoms with E-state index in [4.69, 9.17) is 0 Å². The van der Waals surface area contributed by atoms with Crippen molar-refractivity contribution in [3.05, 3.63) is 70.2 Å². The van der Waals surface area contributed by atoms with Crippen LogP contribution in [0.15, 0.2) is 53.0 Å². The Morgan fingerprint density at radius 1 is 1.22 bits per heavy atom. The fraction of sp³-hybridized carbons (Fsp3) is 0.0667. The molecule has 6 nitrogen and oxygen atoms in total. The smallest absolute Gasteiger partial charge is 0.251 e. The quantitative estimate of drug-likeness (QED) is 0.760. The molecule has 0 saturated carbocycles.